The molecule has 0 amide bonds. The number of fused-ring (bicyclic) bond motifs is 1. The van der Waals surface area contributed by atoms with Crippen molar-refractivity contribution in [2.45, 2.75) is 12.8 Å². The number of methoxy groups -OCH3 is 1. The molecular weight excluding hydrogens is 150 g/mol. The molecule has 0 spiro atoms. The summed E-state index contributed by atoms with van der Waals surface area (Å²) in [5, 5.41) is 3.36. The molecule has 0 aromatic heterocycles. The van der Waals surface area contributed by atoms with Crippen molar-refractivity contribution in [3.63, 3.8) is 0 Å². The Kier molecular flexibility index (Phi) is 1.90. The molecule has 1 heterocycles. The van der Waals surface area contributed by atoms with Crippen LogP contribution in [0.1, 0.15) is 12.0 Å². The van der Waals surface area contributed by atoms with Gasteiger partial charge in [0.1, 0.15) is 5.75 Å². The van der Waals surface area contributed by atoms with Crippen LogP contribution in [-0.2, 0) is 6.42 Å². The fourth-order valence-electron chi connectivity index (χ4n) is 1.67. The zero-order chi connectivity index (χ0) is 8.39. The van der Waals surface area contributed by atoms with E-state index in [0.29, 0.717) is 0 Å². The van der Waals surface area contributed by atoms with Gasteiger partial charge in [0.15, 0.2) is 0 Å². The molecule has 1 aliphatic rings. The number of hydrogen-bond acceptors (Lipinski definition) is 2. The Balaban J connectivity index is 2.44. The molecule has 64 valence electrons. The second kappa shape index (κ2) is 3.05. The lowest BCUT2D eigenvalue weighted by molar-refractivity contribution is 0.409. The molecule has 0 fully saturated rings. The molecular formula is C10H13NO. The molecule has 0 aliphatic carbocycles. The summed E-state index contributed by atoms with van der Waals surface area (Å²) in [5.41, 5.74) is 2.56. The molecule has 1 aliphatic heterocycles. The SMILES string of the molecule is COc1cccc2c1CCCN2. The van der Waals surface area contributed by atoms with Gasteiger partial charge in [0.05, 0.1) is 7.11 Å². The first-order valence-corrected chi connectivity index (χ1v) is 4.31. The fraction of sp³-hybridized carbons (Fsp3) is 0.400. The lowest BCUT2D eigenvalue weighted by Gasteiger charge is -2.19. The molecule has 1 aromatic rings. The highest BCUT2D eigenvalue weighted by atomic mass is 16.5. The number of ether oxygens (including phenoxy) is 1. The standard InChI is InChI=1S/C10H13NO/c1-12-10-6-2-5-9-8(10)4-3-7-11-9/h2,5-6,11H,3-4,7H2,1H3. The van der Waals surface area contributed by atoms with Crippen molar-refractivity contribution in [2.24, 2.45) is 0 Å². The monoisotopic (exact) mass is 163 g/mol. The predicted octanol–water partition coefficient (Wildman–Crippen LogP) is 2.05. The van der Waals surface area contributed by atoms with Gasteiger partial charge in [-0.05, 0) is 25.0 Å². The van der Waals surface area contributed by atoms with Crippen molar-refractivity contribution in [1.29, 1.82) is 0 Å². The molecule has 2 nitrogen and oxygen atoms in total. The van der Waals surface area contributed by atoms with Gasteiger partial charge in [0.2, 0.25) is 0 Å². The number of anilines is 1. The lowest BCUT2D eigenvalue weighted by atomic mass is 10.0. The van der Waals surface area contributed by atoms with Crippen LogP contribution in [0.4, 0.5) is 5.69 Å². The largest absolute Gasteiger partial charge is 0.496 e. The van der Waals surface area contributed by atoms with Crippen molar-refractivity contribution in [3.8, 4) is 5.75 Å². The van der Waals surface area contributed by atoms with E-state index in [1.165, 1.54) is 17.7 Å². The molecule has 0 radical (unpaired) electrons. The van der Waals surface area contributed by atoms with E-state index in [1.54, 1.807) is 7.11 Å². The van der Waals surface area contributed by atoms with E-state index in [9.17, 15) is 0 Å². The van der Waals surface area contributed by atoms with Crippen molar-refractivity contribution in [3.05, 3.63) is 23.8 Å². The second-order valence-corrected chi connectivity index (χ2v) is 3.02. The highest BCUT2D eigenvalue weighted by Crippen LogP contribution is 2.29. The zero-order valence-corrected chi connectivity index (χ0v) is 7.26. The highest BCUT2D eigenvalue weighted by Gasteiger charge is 2.11. The Hall–Kier alpha value is -1.18. The van der Waals surface area contributed by atoms with E-state index < -0.39 is 0 Å². The van der Waals surface area contributed by atoms with Gasteiger partial charge in [-0.15, -0.1) is 0 Å². The van der Waals surface area contributed by atoms with Crippen LogP contribution < -0.4 is 10.1 Å². The zero-order valence-electron chi connectivity index (χ0n) is 7.26. The van der Waals surface area contributed by atoms with Crippen molar-refractivity contribution in [1.82, 2.24) is 0 Å². The van der Waals surface area contributed by atoms with Crippen LogP contribution in [0.2, 0.25) is 0 Å². The minimum atomic E-state index is 1.01. The quantitative estimate of drug-likeness (QED) is 0.684. The predicted molar refractivity (Wildman–Crippen MR) is 49.8 cm³/mol. The van der Waals surface area contributed by atoms with Gasteiger partial charge in [-0.25, -0.2) is 0 Å². The number of benzene rings is 1. The Bertz CT molecular complexity index is 269. The second-order valence-electron chi connectivity index (χ2n) is 3.02. The Morgan fingerprint density at radius 3 is 3.17 bits per heavy atom. The molecule has 0 saturated heterocycles. The van der Waals surface area contributed by atoms with Gasteiger partial charge in [-0.3, -0.25) is 0 Å². The van der Waals surface area contributed by atoms with Crippen LogP contribution in [0, 0.1) is 0 Å². The summed E-state index contributed by atoms with van der Waals surface area (Å²) in [5.74, 6) is 1.01. The molecule has 0 unspecified atom stereocenters. The van der Waals surface area contributed by atoms with Crippen LogP contribution in [0.15, 0.2) is 18.2 Å². The Morgan fingerprint density at radius 1 is 1.42 bits per heavy atom. The number of rotatable bonds is 1. The molecule has 2 heteroatoms. The van der Waals surface area contributed by atoms with Crippen LogP contribution >= 0.6 is 0 Å². The Labute approximate surface area is 72.5 Å². The maximum Gasteiger partial charge on any atom is 0.124 e. The van der Waals surface area contributed by atoms with Crippen LogP contribution in [0.5, 0.6) is 5.75 Å². The Morgan fingerprint density at radius 2 is 2.33 bits per heavy atom. The lowest BCUT2D eigenvalue weighted by Crippen LogP contribution is -2.12. The van der Waals surface area contributed by atoms with E-state index in [0.717, 1.165) is 18.7 Å². The normalized spacial score (nSPS) is 14.8. The van der Waals surface area contributed by atoms with E-state index in [1.807, 2.05) is 12.1 Å². The number of nitrogens with one attached hydrogen (secondary N) is 1. The number of hydrogen-bond donors (Lipinski definition) is 1. The summed E-state index contributed by atoms with van der Waals surface area (Å²) in [4.78, 5) is 0. The summed E-state index contributed by atoms with van der Waals surface area (Å²) in [6.07, 6.45) is 2.33. The van der Waals surface area contributed by atoms with E-state index >= 15 is 0 Å². The third-order valence-corrected chi connectivity index (χ3v) is 2.27. The summed E-state index contributed by atoms with van der Waals surface area (Å²) in [6, 6.07) is 6.15. The first-order chi connectivity index (χ1) is 5.92. The third kappa shape index (κ3) is 1.13. The van der Waals surface area contributed by atoms with Gasteiger partial charge >= 0.3 is 0 Å². The van der Waals surface area contributed by atoms with E-state index in [2.05, 4.69) is 11.4 Å². The van der Waals surface area contributed by atoms with Gasteiger partial charge < -0.3 is 10.1 Å². The fourth-order valence-corrected chi connectivity index (χ4v) is 1.67. The summed E-state index contributed by atoms with van der Waals surface area (Å²) in [6.45, 7) is 1.08. The summed E-state index contributed by atoms with van der Waals surface area (Å²) < 4.78 is 5.27. The smallest absolute Gasteiger partial charge is 0.124 e. The molecule has 0 atom stereocenters. The minimum Gasteiger partial charge on any atom is -0.496 e. The van der Waals surface area contributed by atoms with Gasteiger partial charge in [-0.1, -0.05) is 6.07 Å². The molecule has 0 bridgehead atoms. The molecule has 0 saturated carbocycles. The summed E-state index contributed by atoms with van der Waals surface area (Å²) >= 11 is 0. The topological polar surface area (TPSA) is 21.3 Å². The first-order valence-electron chi connectivity index (χ1n) is 4.31. The van der Waals surface area contributed by atoms with Crippen molar-refractivity contribution >= 4 is 5.69 Å². The molecule has 2 rings (SSSR count). The average Bonchev–Trinajstić information content (AvgIpc) is 2.17. The van der Waals surface area contributed by atoms with E-state index in [4.69, 9.17) is 4.74 Å². The molecule has 1 aromatic carbocycles. The van der Waals surface area contributed by atoms with Gasteiger partial charge in [0, 0.05) is 17.8 Å². The minimum absolute atomic E-state index is 1.01. The first kappa shape index (κ1) is 7.47. The summed E-state index contributed by atoms with van der Waals surface area (Å²) in [7, 11) is 1.73. The maximum atomic E-state index is 5.27. The van der Waals surface area contributed by atoms with Gasteiger partial charge in [0.25, 0.3) is 0 Å². The average molecular weight is 163 g/mol. The van der Waals surface area contributed by atoms with Crippen LogP contribution in [0.25, 0.3) is 0 Å². The van der Waals surface area contributed by atoms with Crippen molar-refractivity contribution < 1.29 is 4.74 Å². The van der Waals surface area contributed by atoms with Gasteiger partial charge in [-0.2, -0.15) is 0 Å². The molecule has 12 heavy (non-hydrogen) atoms. The highest BCUT2D eigenvalue weighted by molar-refractivity contribution is 5.58. The third-order valence-electron chi connectivity index (χ3n) is 2.27. The van der Waals surface area contributed by atoms with Crippen molar-refractivity contribution in [2.75, 3.05) is 19.0 Å². The maximum absolute atomic E-state index is 5.27. The van der Waals surface area contributed by atoms with Crippen LogP contribution in [0.3, 0.4) is 0 Å². The van der Waals surface area contributed by atoms with E-state index in [-0.39, 0.29) is 0 Å². The molecule has 1 N–H and O–H groups in total. The van der Waals surface area contributed by atoms with Crippen LogP contribution in [-0.4, -0.2) is 13.7 Å².